The van der Waals surface area contributed by atoms with Gasteiger partial charge in [0.2, 0.25) is 0 Å². The van der Waals surface area contributed by atoms with Crippen LogP contribution in [0.15, 0.2) is 16.7 Å². The second-order valence-corrected chi connectivity index (χ2v) is 5.11. The van der Waals surface area contributed by atoms with Gasteiger partial charge in [-0.05, 0) is 47.3 Å². The van der Waals surface area contributed by atoms with Crippen LogP contribution in [-0.2, 0) is 0 Å². The van der Waals surface area contributed by atoms with Crippen molar-refractivity contribution in [2.45, 2.75) is 38.6 Å². The maximum atomic E-state index is 4.46. The molecule has 0 saturated heterocycles. The molecule has 15 heavy (non-hydrogen) atoms. The van der Waals surface area contributed by atoms with Gasteiger partial charge in [0.25, 0.3) is 0 Å². The SMILES string of the molecule is Cc1ccnc(N(C)C2CCCC2)c1Br. The van der Waals surface area contributed by atoms with Gasteiger partial charge in [0, 0.05) is 19.3 Å². The topological polar surface area (TPSA) is 16.1 Å². The van der Waals surface area contributed by atoms with Gasteiger partial charge < -0.3 is 4.90 Å². The number of aromatic nitrogens is 1. The molecule has 0 unspecified atom stereocenters. The Hall–Kier alpha value is -0.570. The van der Waals surface area contributed by atoms with Crippen LogP contribution >= 0.6 is 15.9 Å². The molecule has 1 aromatic rings. The lowest BCUT2D eigenvalue weighted by molar-refractivity contribution is 0.645. The summed E-state index contributed by atoms with van der Waals surface area (Å²) >= 11 is 3.62. The Morgan fingerprint density at radius 2 is 2.07 bits per heavy atom. The summed E-state index contributed by atoms with van der Waals surface area (Å²) in [4.78, 5) is 6.79. The Bertz CT molecular complexity index is 345. The highest BCUT2D eigenvalue weighted by Crippen LogP contribution is 2.31. The van der Waals surface area contributed by atoms with Crippen molar-refractivity contribution in [1.29, 1.82) is 0 Å². The van der Waals surface area contributed by atoms with Gasteiger partial charge in [0.15, 0.2) is 0 Å². The van der Waals surface area contributed by atoms with Crippen LogP contribution in [-0.4, -0.2) is 18.1 Å². The molecular weight excluding hydrogens is 252 g/mol. The van der Waals surface area contributed by atoms with Gasteiger partial charge in [-0.15, -0.1) is 0 Å². The largest absolute Gasteiger partial charge is 0.356 e. The molecule has 0 radical (unpaired) electrons. The van der Waals surface area contributed by atoms with E-state index >= 15 is 0 Å². The van der Waals surface area contributed by atoms with Gasteiger partial charge in [0.05, 0.1) is 4.47 Å². The number of rotatable bonds is 2. The van der Waals surface area contributed by atoms with Crippen molar-refractivity contribution >= 4 is 21.7 Å². The van der Waals surface area contributed by atoms with E-state index in [-0.39, 0.29) is 0 Å². The molecule has 0 aliphatic heterocycles. The summed E-state index contributed by atoms with van der Waals surface area (Å²) < 4.78 is 1.14. The molecule has 2 rings (SSSR count). The summed E-state index contributed by atoms with van der Waals surface area (Å²) in [6.45, 7) is 2.11. The van der Waals surface area contributed by atoms with Gasteiger partial charge in [0.1, 0.15) is 5.82 Å². The van der Waals surface area contributed by atoms with Crippen LogP contribution in [0.5, 0.6) is 0 Å². The molecule has 3 heteroatoms. The fourth-order valence-corrected chi connectivity index (χ4v) is 2.75. The third-order valence-corrected chi connectivity index (χ3v) is 4.25. The number of nitrogens with zero attached hydrogens (tertiary/aromatic N) is 2. The normalized spacial score (nSPS) is 17.0. The standard InChI is InChI=1S/C12H17BrN2/c1-9-7-8-14-12(11(9)13)15(2)10-5-3-4-6-10/h7-8,10H,3-6H2,1-2H3. The first kappa shape index (κ1) is 10.9. The minimum Gasteiger partial charge on any atom is -0.356 e. The van der Waals surface area contributed by atoms with E-state index in [1.54, 1.807) is 0 Å². The van der Waals surface area contributed by atoms with E-state index in [0.29, 0.717) is 6.04 Å². The van der Waals surface area contributed by atoms with E-state index in [1.165, 1.54) is 31.2 Å². The monoisotopic (exact) mass is 268 g/mol. The lowest BCUT2D eigenvalue weighted by atomic mass is 10.2. The molecule has 0 atom stereocenters. The molecule has 1 aliphatic rings. The lowest BCUT2D eigenvalue weighted by Gasteiger charge is -2.26. The number of halogens is 1. The maximum Gasteiger partial charge on any atom is 0.143 e. The molecule has 0 N–H and O–H groups in total. The average Bonchev–Trinajstić information content (AvgIpc) is 2.74. The maximum absolute atomic E-state index is 4.46. The highest BCUT2D eigenvalue weighted by atomic mass is 79.9. The van der Waals surface area contributed by atoms with Crippen molar-refractivity contribution in [3.8, 4) is 0 Å². The Labute approximate surface area is 99.8 Å². The molecule has 0 bridgehead atoms. The summed E-state index contributed by atoms with van der Waals surface area (Å²) in [5, 5.41) is 0. The molecule has 0 aromatic carbocycles. The van der Waals surface area contributed by atoms with E-state index in [1.807, 2.05) is 12.3 Å². The number of anilines is 1. The zero-order chi connectivity index (χ0) is 10.8. The smallest absolute Gasteiger partial charge is 0.143 e. The van der Waals surface area contributed by atoms with Crippen molar-refractivity contribution in [2.24, 2.45) is 0 Å². The molecule has 1 fully saturated rings. The van der Waals surface area contributed by atoms with E-state index in [0.717, 1.165) is 10.3 Å². The minimum atomic E-state index is 0.676. The molecule has 1 saturated carbocycles. The Morgan fingerprint density at radius 1 is 1.40 bits per heavy atom. The lowest BCUT2D eigenvalue weighted by Crippen LogP contribution is -2.29. The van der Waals surface area contributed by atoms with Crippen molar-refractivity contribution in [1.82, 2.24) is 4.98 Å². The average molecular weight is 269 g/mol. The number of hydrogen-bond acceptors (Lipinski definition) is 2. The molecular formula is C12H17BrN2. The van der Waals surface area contributed by atoms with Crippen molar-refractivity contribution in [3.63, 3.8) is 0 Å². The fraction of sp³-hybridized carbons (Fsp3) is 0.583. The molecule has 2 nitrogen and oxygen atoms in total. The number of aryl methyl sites for hydroxylation is 1. The van der Waals surface area contributed by atoms with Crippen molar-refractivity contribution in [2.75, 3.05) is 11.9 Å². The van der Waals surface area contributed by atoms with Gasteiger partial charge in [-0.3, -0.25) is 0 Å². The second-order valence-electron chi connectivity index (χ2n) is 4.31. The Morgan fingerprint density at radius 3 is 2.73 bits per heavy atom. The summed E-state index contributed by atoms with van der Waals surface area (Å²) in [5.74, 6) is 1.09. The molecule has 1 heterocycles. The third-order valence-electron chi connectivity index (χ3n) is 3.27. The summed E-state index contributed by atoms with van der Waals surface area (Å²) in [7, 11) is 2.16. The van der Waals surface area contributed by atoms with E-state index in [2.05, 4.69) is 39.8 Å². The highest BCUT2D eigenvalue weighted by molar-refractivity contribution is 9.10. The zero-order valence-electron chi connectivity index (χ0n) is 9.33. The zero-order valence-corrected chi connectivity index (χ0v) is 10.9. The van der Waals surface area contributed by atoms with Gasteiger partial charge >= 0.3 is 0 Å². The van der Waals surface area contributed by atoms with Crippen LogP contribution in [0.3, 0.4) is 0 Å². The molecule has 0 spiro atoms. The quantitative estimate of drug-likeness (QED) is 0.816. The summed E-state index contributed by atoms with van der Waals surface area (Å²) in [5.41, 5.74) is 1.25. The predicted molar refractivity (Wildman–Crippen MR) is 67.3 cm³/mol. The van der Waals surface area contributed by atoms with Crippen LogP contribution in [0.25, 0.3) is 0 Å². The molecule has 1 aromatic heterocycles. The molecule has 1 aliphatic carbocycles. The van der Waals surface area contributed by atoms with Crippen LogP contribution in [0.1, 0.15) is 31.2 Å². The first-order chi connectivity index (χ1) is 7.20. The van der Waals surface area contributed by atoms with Crippen molar-refractivity contribution in [3.05, 3.63) is 22.3 Å². The van der Waals surface area contributed by atoms with Gasteiger partial charge in [-0.1, -0.05) is 12.8 Å². The van der Waals surface area contributed by atoms with Gasteiger partial charge in [-0.25, -0.2) is 4.98 Å². The van der Waals surface area contributed by atoms with E-state index in [9.17, 15) is 0 Å². The van der Waals surface area contributed by atoms with Crippen LogP contribution < -0.4 is 4.90 Å². The predicted octanol–water partition coefficient (Wildman–Crippen LogP) is 3.53. The minimum absolute atomic E-state index is 0.676. The molecule has 82 valence electrons. The summed E-state index contributed by atoms with van der Waals surface area (Å²) in [6.07, 6.45) is 7.22. The second kappa shape index (κ2) is 4.52. The van der Waals surface area contributed by atoms with Crippen LogP contribution in [0.4, 0.5) is 5.82 Å². The van der Waals surface area contributed by atoms with E-state index < -0.39 is 0 Å². The Balaban J connectivity index is 2.24. The highest BCUT2D eigenvalue weighted by Gasteiger charge is 2.22. The summed E-state index contributed by atoms with van der Waals surface area (Å²) in [6, 6.07) is 2.71. The first-order valence-electron chi connectivity index (χ1n) is 5.54. The Kier molecular flexibility index (Phi) is 3.29. The van der Waals surface area contributed by atoms with E-state index in [4.69, 9.17) is 0 Å². The van der Waals surface area contributed by atoms with Crippen LogP contribution in [0.2, 0.25) is 0 Å². The van der Waals surface area contributed by atoms with Crippen LogP contribution in [0, 0.1) is 6.92 Å². The first-order valence-corrected chi connectivity index (χ1v) is 6.33. The third kappa shape index (κ3) is 2.17. The number of hydrogen-bond donors (Lipinski definition) is 0. The fourth-order valence-electron chi connectivity index (χ4n) is 2.24. The molecule has 0 amide bonds. The number of pyridine rings is 1. The van der Waals surface area contributed by atoms with Crippen molar-refractivity contribution < 1.29 is 0 Å². The van der Waals surface area contributed by atoms with Gasteiger partial charge in [-0.2, -0.15) is 0 Å².